The molecule has 5 heteroatoms. The second-order valence-electron chi connectivity index (χ2n) is 5.32. The van der Waals surface area contributed by atoms with Crippen LogP contribution >= 0.6 is 0 Å². The summed E-state index contributed by atoms with van der Waals surface area (Å²) in [7, 11) is 1.64. The lowest BCUT2D eigenvalue weighted by Gasteiger charge is -2.23. The molecule has 1 fully saturated rings. The Morgan fingerprint density at radius 1 is 1.33 bits per heavy atom. The number of carbonyl (C=O) groups excluding carboxylic acids is 1. The standard InChI is InChI=1S/C16H24N2O3/c1-12(13-3-5-14(20-2)6-4-13)18-16(19)11-21-15-7-9-17-10-8-15/h3-6,12,15,17H,7-11H2,1-2H3,(H,18,19)/t12-/m1/s1. The topological polar surface area (TPSA) is 59.6 Å². The fraction of sp³-hybridized carbons (Fsp3) is 0.562. The monoisotopic (exact) mass is 292 g/mol. The molecular formula is C16H24N2O3. The molecule has 0 spiro atoms. The SMILES string of the molecule is COc1ccc([C@@H](C)NC(=O)COC2CCNCC2)cc1. The minimum atomic E-state index is -0.0724. The van der Waals surface area contributed by atoms with Crippen LogP contribution in [-0.4, -0.2) is 38.8 Å². The Kier molecular flexibility index (Phi) is 6.02. The molecule has 2 N–H and O–H groups in total. The van der Waals surface area contributed by atoms with Gasteiger partial charge in [-0.25, -0.2) is 0 Å². The van der Waals surface area contributed by atoms with E-state index in [1.807, 2.05) is 31.2 Å². The van der Waals surface area contributed by atoms with Crippen molar-refractivity contribution in [2.24, 2.45) is 0 Å². The molecule has 0 bridgehead atoms. The summed E-state index contributed by atoms with van der Waals surface area (Å²) in [6.07, 6.45) is 2.15. The van der Waals surface area contributed by atoms with Crippen molar-refractivity contribution in [2.45, 2.75) is 31.9 Å². The van der Waals surface area contributed by atoms with Crippen molar-refractivity contribution >= 4 is 5.91 Å². The Hall–Kier alpha value is -1.59. The van der Waals surface area contributed by atoms with Gasteiger partial charge >= 0.3 is 0 Å². The van der Waals surface area contributed by atoms with Crippen molar-refractivity contribution < 1.29 is 14.3 Å². The third-order valence-electron chi connectivity index (χ3n) is 3.73. The predicted octanol–water partition coefficient (Wildman–Crippen LogP) is 1.64. The Balaban J connectivity index is 1.75. The summed E-state index contributed by atoms with van der Waals surface area (Å²) in [5.74, 6) is 0.739. The van der Waals surface area contributed by atoms with Crippen molar-refractivity contribution in [1.29, 1.82) is 0 Å². The van der Waals surface area contributed by atoms with Crippen LogP contribution in [0.5, 0.6) is 5.75 Å². The number of methoxy groups -OCH3 is 1. The van der Waals surface area contributed by atoms with Gasteiger partial charge in [0, 0.05) is 0 Å². The fourth-order valence-corrected chi connectivity index (χ4v) is 2.41. The van der Waals surface area contributed by atoms with Gasteiger partial charge in [0.15, 0.2) is 0 Å². The molecule has 1 aliphatic rings. The Morgan fingerprint density at radius 3 is 2.62 bits per heavy atom. The maximum atomic E-state index is 11.9. The number of hydrogen-bond donors (Lipinski definition) is 2. The number of benzene rings is 1. The molecule has 0 radical (unpaired) electrons. The van der Waals surface area contributed by atoms with E-state index >= 15 is 0 Å². The highest BCUT2D eigenvalue weighted by Crippen LogP contribution is 2.17. The van der Waals surface area contributed by atoms with Crippen molar-refractivity contribution in [3.8, 4) is 5.75 Å². The summed E-state index contributed by atoms with van der Waals surface area (Å²) in [6, 6.07) is 7.65. The van der Waals surface area contributed by atoms with Gasteiger partial charge in [-0.1, -0.05) is 12.1 Å². The van der Waals surface area contributed by atoms with E-state index in [-0.39, 0.29) is 24.7 Å². The Bertz CT molecular complexity index is 441. The molecule has 1 amide bonds. The average Bonchev–Trinajstić information content (AvgIpc) is 2.54. The second kappa shape index (κ2) is 8.00. The van der Waals surface area contributed by atoms with Crippen molar-refractivity contribution in [3.05, 3.63) is 29.8 Å². The van der Waals surface area contributed by atoms with E-state index in [1.54, 1.807) is 7.11 Å². The number of piperidine rings is 1. The lowest BCUT2D eigenvalue weighted by Crippen LogP contribution is -2.36. The summed E-state index contributed by atoms with van der Waals surface area (Å²) in [5.41, 5.74) is 1.05. The molecule has 0 aromatic heterocycles. The Morgan fingerprint density at radius 2 is 2.00 bits per heavy atom. The number of ether oxygens (including phenoxy) is 2. The molecule has 21 heavy (non-hydrogen) atoms. The van der Waals surface area contributed by atoms with Gasteiger partial charge in [0.05, 0.1) is 19.3 Å². The minimum Gasteiger partial charge on any atom is -0.497 e. The van der Waals surface area contributed by atoms with Crippen LogP contribution in [0.4, 0.5) is 0 Å². The van der Waals surface area contributed by atoms with Crippen molar-refractivity contribution in [3.63, 3.8) is 0 Å². The van der Waals surface area contributed by atoms with Crippen LogP contribution in [-0.2, 0) is 9.53 Å². The molecule has 1 saturated heterocycles. The molecule has 1 aromatic rings. The maximum absolute atomic E-state index is 11.9. The molecule has 0 unspecified atom stereocenters. The van der Waals surface area contributed by atoms with Crippen LogP contribution in [0.25, 0.3) is 0 Å². The first-order valence-electron chi connectivity index (χ1n) is 7.44. The molecule has 0 saturated carbocycles. The van der Waals surface area contributed by atoms with E-state index in [2.05, 4.69) is 10.6 Å². The highest BCUT2D eigenvalue weighted by atomic mass is 16.5. The molecular weight excluding hydrogens is 268 g/mol. The molecule has 0 aliphatic carbocycles. The summed E-state index contributed by atoms with van der Waals surface area (Å²) >= 11 is 0. The van der Waals surface area contributed by atoms with Crippen molar-refractivity contribution in [2.75, 3.05) is 26.8 Å². The lowest BCUT2D eigenvalue weighted by molar-refractivity contribution is -0.128. The third-order valence-corrected chi connectivity index (χ3v) is 3.73. The van der Waals surface area contributed by atoms with Gasteiger partial charge in [-0.05, 0) is 50.6 Å². The Labute approximate surface area is 126 Å². The third kappa shape index (κ3) is 5.02. The van der Waals surface area contributed by atoms with Crippen LogP contribution in [0.1, 0.15) is 31.4 Å². The van der Waals surface area contributed by atoms with E-state index in [0.717, 1.165) is 37.2 Å². The summed E-state index contributed by atoms with van der Waals surface area (Å²) < 4.78 is 10.8. The van der Waals surface area contributed by atoms with E-state index in [9.17, 15) is 4.79 Å². The predicted molar refractivity (Wildman–Crippen MR) is 81.4 cm³/mol. The number of hydrogen-bond acceptors (Lipinski definition) is 4. The summed E-state index contributed by atoms with van der Waals surface area (Å²) in [4.78, 5) is 11.9. The molecule has 116 valence electrons. The van der Waals surface area contributed by atoms with Crippen LogP contribution in [0.3, 0.4) is 0 Å². The van der Waals surface area contributed by atoms with Crippen LogP contribution in [0, 0.1) is 0 Å². The van der Waals surface area contributed by atoms with E-state index in [1.165, 1.54) is 0 Å². The molecule has 1 atom stereocenters. The molecule has 1 aromatic carbocycles. The van der Waals surface area contributed by atoms with Gasteiger partial charge in [0.1, 0.15) is 12.4 Å². The molecule has 2 rings (SSSR count). The molecule has 1 heterocycles. The maximum Gasteiger partial charge on any atom is 0.246 e. The first-order valence-corrected chi connectivity index (χ1v) is 7.44. The number of nitrogens with one attached hydrogen (secondary N) is 2. The highest BCUT2D eigenvalue weighted by Gasteiger charge is 2.16. The first kappa shape index (κ1) is 15.8. The highest BCUT2D eigenvalue weighted by molar-refractivity contribution is 5.77. The quantitative estimate of drug-likeness (QED) is 0.837. The molecule has 1 aliphatic heterocycles. The second-order valence-corrected chi connectivity index (χ2v) is 5.32. The van der Waals surface area contributed by atoms with E-state index in [0.29, 0.717) is 0 Å². The van der Waals surface area contributed by atoms with Crippen LogP contribution < -0.4 is 15.4 Å². The smallest absolute Gasteiger partial charge is 0.246 e. The zero-order valence-electron chi connectivity index (χ0n) is 12.7. The van der Waals surface area contributed by atoms with E-state index < -0.39 is 0 Å². The summed E-state index contributed by atoms with van der Waals surface area (Å²) in [6.45, 7) is 4.03. The minimum absolute atomic E-state index is 0.0416. The average molecular weight is 292 g/mol. The summed E-state index contributed by atoms with van der Waals surface area (Å²) in [5, 5.41) is 6.23. The number of carbonyl (C=O) groups is 1. The van der Waals surface area contributed by atoms with Crippen molar-refractivity contribution in [1.82, 2.24) is 10.6 Å². The number of amides is 1. The van der Waals surface area contributed by atoms with Gasteiger partial charge in [-0.15, -0.1) is 0 Å². The van der Waals surface area contributed by atoms with Gasteiger partial charge < -0.3 is 20.1 Å². The normalized spacial score (nSPS) is 17.2. The zero-order chi connectivity index (χ0) is 15.1. The lowest BCUT2D eigenvalue weighted by atomic mass is 10.1. The van der Waals surface area contributed by atoms with Gasteiger partial charge in [0.2, 0.25) is 5.91 Å². The number of rotatable bonds is 6. The largest absolute Gasteiger partial charge is 0.497 e. The van der Waals surface area contributed by atoms with E-state index in [4.69, 9.17) is 9.47 Å². The van der Waals surface area contributed by atoms with Gasteiger partial charge in [-0.2, -0.15) is 0 Å². The van der Waals surface area contributed by atoms with Crippen LogP contribution in [0.15, 0.2) is 24.3 Å². The first-order chi connectivity index (χ1) is 10.2. The fourth-order valence-electron chi connectivity index (χ4n) is 2.41. The molecule has 5 nitrogen and oxygen atoms in total. The zero-order valence-corrected chi connectivity index (χ0v) is 12.7. The van der Waals surface area contributed by atoms with Crippen LogP contribution in [0.2, 0.25) is 0 Å². The van der Waals surface area contributed by atoms with Gasteiger partial charge in [-0.3, -0.25) is 4.79 Å². The van der Waals surface area contributed by atoms with Gasteiger partial charge in [0.25, 0.3) is 0 Å².